The maximum Gasteiger partial charge on any atom is 0.423 e. The first-order valence-corrected chi connectivity index (χ1v) is 2.72. The highest BCUT2D eigenvalue weighted by molar-refractivity contribution is 7.72. The third kappa shape index (κ3) is 2.35. The molecule has 0 aliphatic carbocycles. The summed E-state index contributed by atoms with van der Waals surface area (Å²) in [5, 5.41) is -0.375. The van der Waals surface area contributed by atoms with Crippen LogP contribution < -0.4 is 0 Å². The topological polar surface area (TPSA) is 60.4 Å². The summed E-state index contributed by atoms with van der Waals surface area (Å²) in [5.74, 6) is 0. The Bertz CT molecular complexity index is 191. The molecule has 0 heterocycles. The summed E-state index contributed by atoms with van der Waals surface area (Å²) < 4.78 is 23.3. The molecule has 0 atom stereocenters. The molecule has 0 aromatic carbocycles. The lowest BCUT2D eigenvalue weighted by molar-refractivity contribution is 0.440. The van der Waals surface area contributed by atoms with E-state index < -0.39 is 10.3 Å². The van der Waals surface area contributed by atoms with E-state index >= 15 is 0 Å². The van der Waals surface area contributed by atoms with Gasteiger partial charge >= 0.3 is 6.47 Å². The van der Waals surface area contributed by atoms with Crippen LogP contribution in [-0.4, -0.2) is 19.9 Å². The zero-order valence-corrected chi connectivity index (χ0v) is 4.86. The molecule has 0 aromatic rings. The molecule has 0 fully saturated rings. The molecule has 8 heavy (non-hydrogen) atoms. The van der Waals surface area contributed by atoms with Crippen molar-refractivity contribution in [1.29, 1.82) is 0 Å². The van der Waals surface area contributed by atoms with E-state index in [1.54, 1.807) is 0 Å². The van der Waals surface area contributed by atoms with E-state index in [2.05, 4.69) is 4.74 Å². The summed E-state index contributed by atoms with van der Waals surface area (Å²) in [6.07, 6.45) is 0. The van der Waals surface area contributed by atoms with Gasteiger partial charge in [-0.15, -0.1) is 0 Å². The van der Waals surface area contributed by atoms with Gasteiger partial charge in [-0.3, -0.25) is 0 Å². The molecule has 0 bridgehead atoms. The smallest absolute Gasteiger partial charge is 0.406 e. The number of carbonyl (C=O) groups excluding carboxylic acids is 1. The Morgan fingerprint density at radius 3 is 2.25 bits per heavy atom. The van der Waals surface area contributed by atoms with E-state index in [-0.39, 0.29) is 5.05 Å². The molecule has 1 radical (unpaired) electrons. The predicted octanol–water partition coefficient (Wildman–Crippen LogP) is -0.901. The van der Waals surface area contributed by atoms with E-state index in [4.69, 9.17) is 0 Å². The minimum Gasteiger partial charge on any atom is -0.406 e. The summed E-state index contributed by atoms with van der Waals surface area (Å²) in [6.45, 7) is 2.12. The summed E-state index contributed by atoms with van der Waals surface area (Å²) in [5.41, 5.74) is 0. The van der Waals surface area contributed by atoms with E-state index in [9.17, 15) is 13.2 Å². The highest BCUT2D eigenvalue weighted by atomic mass is 32.2. The molecule has 0 rings (SSSR count). The van der Waals surface area contributed by atoms with Crippen LogP contribution in [0.4, 0.5) is 0 Å². The summed E-state index contributed by atoms with van der Waals surface area (Å²) in [7, 11) is -2.43. The summed E-state index contributed by atoms with van der Waals surface area (Å²) >= 11 is 0. The number of rotatable bonds is 1. The Labute approximate surface area is 47.6 Å². The highest BCUT2D eigenvalue weighted by Crippen LogP contribution is 1.68. The molecule has 5 heteroatoms. The molecule has 0 saturated heterocycles. The quantitative estimate of drug-likeness (QED) is 0.437. The second-order valence-corrected chi connectivity index (χ2v) is 1.96. The average molecular weight is 135 g/mol. The van der Waals surface area contributed by atoms with Gasteiger partial charge in [0.15, 0.2) is 0 Å². The van der Waals surface area contributed by atoms with Crippen LogP contribution in [0.5, 0.6) is 0 Å². The predicted molar refractivity (Wildman–Crippen MR) is 26.4 cm³/mol. The van der Waals surface area contributed by atoms with Crippen LogP contribution >= 0.6 is 0 Å². The first kappa shape index (κ1) is 7.16. The molecule has 0 aliphatic heterocycles. The molecule has 4 nitrogen and oxygen atoms in total. The first-order chi connectivity index (χ1) is 3.68. The number of hydrogen-bond acceptors (Lipinski definition) is 4. The average Bonchev–Trinajstić information content (AvgIpc) is 1.67. The largest absolute Gasteiger partial charge is 0.423 e. The maximum absolute atomic E-state index is 9.75. The third-order valence-electron chi connectivity index (χ3n) is 0.420. The molecule has 0 aromatic heterocycles. The fourth-order valence-corrected chi connectivity index (χ4v) is 0.195. The third-order valence-corrected chi connectivity index (χ3v) is 0.973. The second kappa shape index (κ2) is 3.20. The molecular formula is C3H3O4S. The van der Waals surface area contributed by atoms with E-state index in [1.807, 2.05) is 0 Å². The van der Waals surface area contributed by atoms with Gasteiger partial charge in [0.2, 0.25) is 5.05 Å². The van der Waals surface area contributed by atoms with Crippen LogP contribution in [0.1, 0.15) is 6.92 Å². The second-order valence-electron chi connectivity index (χ2n) is 0.912. The van der Waals surface area contributed by atoms with Gasteiger partial charge in [0, 0.05) is 6.92 Å². The molecule has 0 N–H and O–H groups in total. The van der Waals surface area contributed by atoms with Crippen LogP contribution in [0.3, 0.4) is 0 Å². The van der Waals surface area contributed by atoms with E-state index in [0.29, 0.717) is 0 Å². The van der Waals surface area contributed by atoms with Gasteiger partial charge < -0.3 is 4.74 Å². The van der Waals surface area contributed by atoms with Gasteiger partial charge in [0.05, 0.1) is 0 Å². The minimum absolute atomic E-state index is 0.375. The van der Waals surface area contributed by atoms with Crippen LogP contribution in [0, 0.1) is 0 Å². The normalized spacial score (nSPS) is 7.62. The van der Waals surface area contributed by atoms with Crippen LogP contribution in [-0.2, 0) is 19.8 Å². The van der Waals surface area contributed by atoms with Gasteiger partial charge in [-0.1, -0.05) is 0 Å². The lowest BCUT2D eigenvalue weighted by atomic mass is 10.9. The van der Waals surface area contributed by atoms with Crippen LogP contribution in [0.2, 0.25) is 0 Å². The lowest BCUT2D eigenvalue weighted by Crippen LogP contribution is -1.96. The fraction of sp³-hybridized carbons (Fsp3) is 0.333. The molecular weight excluding hydrogens is 132 g/mol. The van der Waals surface area contributed by atoms with Crippen molar-refractivity contribution in [3.05, 3.63) is 0 Å². The van der Waals surface area contributed by atoms with Gasteiger partial charge in [-0.05, 0) is 0 Å². The molecule has 0 spiro atoms. The number of hydrogen-bond donors (Lipinski definition) is 0. The van der Waals surface area contributed by atoms with Gasteiger partial charge in [0.1, 0.15) is 0 Å². The Balaban J connectivity index is 4.24. The minimum atomic E-state index is -2.43. The monoisotopic (exact) mass is 135 g/mol. The zero-order valence-electron chi connectivity index (χ0n) is 4.04. The maximum atomic E-state index is 9.75. The molecule has 0 saturated carbocycles. The van der Waals surface area contributed by atoms with Crippen molar-refractivity contribution in [2.45, 2.75) is 6.92 Å². The Morgan fingerprint density at radius 2 is 2.12 bits per heavy atom. The Hall–Kier alpha value is -0.840. The van der Waals surface area contributed by atoms with Gasteiger partial charge in [0.25, 0.3) is 10.3 Å². The van der Waals surface area contributed by atoms with Crippen molar-refractivity contribution in [1.82, 2.24) is 0 Å². The van der Waals surface area contributed by atoms with E-state index in [0.717, 1.165) is 13.4 Å². The molecule has 45 valence electrons. The highest BCUT2D eigenvalue weighted by Gasteiger charge is 1.88. The van der Waals surface area contributed by atoms with Crippen LogP contribution in [0.15, 0.2) is 0 Å². The van der Waals surface area contributed by atoms with E-state index in [1.165, 1.54) is 0 Å². The summed E-state index contributed by atoms with van der Waals surface area (Å²) in [6, 6.07) is 0. The van der Waals surface area contributed by atoms with Crippen molar-refractivity contribution in [2.24, 2.45) is 0 Å². The molecule has 0 unspecified atom stereocenters. The zero-order chi connectivity index (χ0) is 6.57. The molecule has 0 amide bonds. The Morgan fingerprint density at radius 1 is 1.62 bits per heavy atom. The van der Waals surface area contributed by atoms with Crippen molar-refractivity contribution in [2.75, 3.05) is 0 Å². The van der Waals surface area contributed by atoms with Crippen LogP contribution in [0.25, 0.3) is 0 Å². The summed E-state index contributed by atoms with van der Waals surface area (Å²) in [4.78, 5) is 9.28. The van der Waals surface area contributed by atoms with Gasteiger partial charge in [-0.25, -0.2) is 4.79 Å². The van der Waals surface area contributed by atoms with Crippen molar-refractivity contribution >= 4 is 21.8 Å². The standard InChI is InChI=1S/C3H3O4S/c1-3(7-2-4)8(5)6/h1H3. The number of ether oxygens (including phenoxy) is 1. The Kier molecular flexibility index (Phi) is 2.86. The first-order valence-electron chi connectivity index (χ1n) is 1.65. The van der Waals surface area contributed by atoms with Gasteiger partial charge in [-0.2, -0.15) is 8.42 Å². The van der Waals surface area contributed by atoms with Crippen molar-refractivity contribution in [3.8, 4) is 0 Å². The SMILES string of the molecule is CC(O[C]=O)=S(=O)=O. The fourth-order valence-electron chi connectivity index (χ4n) is 0.0927. The molecule has 0 aliphatic rings. The van der Waals surface area contributed by atoms with Crippen molar-refractivity contribution < 1.29 is 17.9 Å². The lowest BCUT2D eigenvalue weighted by Gasteiger charge is -1.81. The van der Waals surface area contributed by atoms with Crippen molar-refractivity contribution in [3.63, 3.8) is 0 Å².